The van der Waals surface area contributed by atoms with Crippen molar-refractivity contribution in [3.8, 4) is 0 Å². The molecule has 4 nitrogen and oxygen atoms in total. The smallest absolute Gasteiger partial charge is 0.111 e. The summed E-state index contributed by atoms with van der Waals surface area (Å²) in [4.78, 5) is 0. The van der Waals surface area contributed by atoms with Gasteiger partial charge < -0.3 is 20.1 Å². The summed E-state index contributed by atoms with van der Waals surface area (Å²) in [6, 6.07) is 9.25. The molecule has 0 amide bonds. The van der Waals surface area contributed by atoms with Crippen LogP contribution < -0.4 is 0 Å². The lowest BCUT2D eigenvalue weighted by atomic mass is 9.86. The molecule has 17 heavy (non-hydrogen) atoms. The van der Waals surface area contributed by atoms with E-state index in [2.05, 4.69) is 0 Å². The van der Waals surface area contributed by atoms with Crippen LogP contribution in [0.3, 0.4) is 0 Å². The zero-order valence-corrected chi connectivity index (χ0v) is 9.73. The first-order valence-corrected chi connectivity index (χ1v) is 5.82. The van der Waals surface area contributed by atoms with E-state index in [0.717, 1.165) is 5.56 Å². The van der Waals surface area contributed by atoms with Crippen molar-refractivity contribution in [1.29, 1.82) is 0 Å². The lowest BCUT2D eigenvalue weighted by Gasteiger charge is -2.41. The molecule has 5 atom stereocenters. The van der Waals surface area contributed by atoms with E-state index < -0.39 is 24.4 Å². The van der Waals surface area contributed by atoms with E-state index in [4.69, 9.17) is 4.74 Å². The Morgan fingerprint density at radius 2 is 1.76 bits per heavy atom. The first-order valence-electron chi connectivity index (χ1n) is 5.82. The van der Waals surface area contributed by atoms with Crippen molar-refractivity contribution in [2.24, 2.45) is 5.92 Å². The SMILES string of the molecule is C[C@H]1[C@H](O)[C@H](O)[C@@H](c2ccccc2)O[C@@H]1CO. The van der Waals surface area contributed by atoms with Crippen molar-refractivity contribution in [2.45, 2.75) is 31.3 Å². The highest BCUT2D eigenvalue weighted by Crippen LogP contribution is 2.34. The van der Waals surface area contributed by atoms with Gasteiger partial charge >= 0.3 is 0 Å². The Labute approximate surface area is 100 Å². The maximum Gasteiger partial charge on any atom is 0.111 e. The highest BCUT2D eigenvalue weighted by atomic mass is 16.5. The van der Waals surface area contributed by atoms with Crippen LogP contribution in [-0.2, 0) is 4.74 Å². The van der Waals surface area contributed by atoms with Gasteiger partial charge in [-0.15, -0.1) is 0 Å². The minimum atomic E-state index is -0.963. The molecule has 0 spiro atoms. The predicted molar refractivity (Wildman–Crippen MR) is 62.3 cm³/mol. The van der Waals surface area contributed by atoms with E-state index in [1.807, 2.05) is 30.3 Å². The second-order valence-corrected chi connectivity index (χ2v) is 4.53. The molecule has 0 unspecified atom stereocenters. The standard InChI is InChI=1S/C13H18O4/c1-8-10(7-14)17-13(12(16)11(8)15)9-5-3-2-4-6-9/h2-6,8,10-16H,7H2,1H3/t8-,10-,11+,12+,13-/m1/s1. The molecule has 0 aromatic heterocycles. The average molecular weight is 238 g/mol. The Balaban J connectivity index is 2.23. The summed E-state index contributed by atoms with van der Waals surface area (Å²) in [7, 11) is 0. The van der Waals surface area contributed by atoms with Crippen molar-refractivity contribution in [1.82, 2.24) is 0 Å². The first kappa shape index (κ1) is 12.5. The van der Waals surface area contributed by atoms with Gasteiger partial charge in [0.15, 0.2) is 0 Å². The normalized spacial score (nSPS) is 38.0. The summed E-state index contributed by atoms with van der Waals surface area (Å²) in [6.07, 6.45) is -2.88. The van der Waals surface area contributed by atoms with Crippen LogP contribution in [0.1, 0.15) is 18.6 Å². The Morgan fingerprint density at radius 3 is 2.35 bits per heavy atom. The summed E-state index contributed by atoms with van der Waals surface area (Å²) >= 11 is 0. The lowest BCUT2D eigenvalue weighted by Crippen LogP contribution is -2.50. The number of ether oxygens (including phenoxy) is 1. The fourth-order valence-electron chi connectivity index (χ4n) is 2.23. The van der Waals surface area contributed by atoms with Gasteiger partial charge in [-0.1, -0.05) is 37.3 Å². The molecule has 4 heteroatoms. The highest BCUT2D eigenvalue weighted by Gasteiger charge is 2.42. The maximum absolute atomic E-state index is 10.0. The number of aliphatic hydroxyl groups excluding tert-OH is 3. The molecule has 2 rings (SSSR count). The summed E-state index contributed by atoms with van der Waals surface area (Å²) in [5, 5.41) is 29.2. The monoisotopic (exact) mass is 238 g/mol. The lowest BCUT2D eigenvalue weighted by molar-refractivity contribution is -0.206. The van der Waals surface area contributed by atoms with Crippen LogP contribution >= 0.6 is 0 Å². The summed E-state index contributed by atoms with van der Waals surface area (Å²) in [6.45, 7) is 1.60. The zero-order valence-electron chi connectivity index (χ0n) is 9.73. The zero-order chi connectivity index (χ0) is 12.4. The number of benzene rings is 1. The number of aliphatic hydroxyl groups is 3. The summed E-state index contributed by atoms with van der Waals surface area (Å²) in [5.74, 6) is -0.282. The minimum absolute atomic E-state index is 0.158. The molecule has 1 fully saturated rings. The van der Waals surface area contributed by atoms with E-state index in [0.29, 0.717) is 0 Å². The van der Waals surface area contributed by atoms with Crippen LogP contribution in [0, 0.1) is 5.92 Å². The van der Waals surface area contributed by atoms with Gasteiger partial charge in [0.25, 0.3) is 0 Å². The van der Waals surface area contributed by atoms with Crippen LogP contribution in [0.15, 0.2) is 30.3 Å². The third-order valence-corrected chi connectivity index (χ3v) is 3.41. The maximum atomic E-state index is 10.0. The van der Waals surface area contributed by atoms with Gasteiger partial charge in [-0.2, -0.15) is 0 Å². The topological polar surface area (TPSA) is 69.9 Å². The summed E-state index contributed by atoms with van der Waals surface area (Å²) < 4.78 is 5.66. The largest absolute Gasteiger partial charge is 0.394 e. The van der Waals surface area contributed by atoms with E-state index in [1.54, 1.807) is 6.92 Å². The minimum Gasteiger partial charge on any atom is -0.394 e. The van der Waals surface area contributed by atoms with E-state index in [-0.39, 0.29) is 12.5 Å². The molecule has 1 saturated heterocycles. The molecule has 94 valence electrons. The number of rotatable bonds is 2. The van der Waals surface area contributed by atoms with Crippen molar-refractivity contribution in [3.63, 3.8) is 0 Å². The third-order valence-electron chi connectivity index (χ3n) is 3.41. The van der Waals surface area contributed by atoms with Crippen molar-refractivity contribution in [2.75, 3.05) is 6.61 Å². The molecule has 0 bridgehead atoms. The second kappa shape index (κ2) is 5.14. The highest BCUT2D eigenvalue weighted by molar-refractivity contribution is 5.20. The molecule has 3 N–H and O–H groups in total. The van der Waals surface area contributed by atoms with Crippen LogP contribution in [0.25, 0.3) is 0 Å². The molecule has 0 radical (unpaired) electrons. The van der Waals surface area contributed by atoms with E-state index >= 15 is 0 Å². The first-order chi connectivity index (χ1) is 8.15. The fraction of sp³-hybridized carbons (Fsp3) is 0.538. The molecule has 1 aromatic carbocycles. The Kier molecular flexibility index (Phi) is 3.79. The third kappa shape index (κ3) is 2.35. The Morgan fingerprint density at radius 1 is 1.12 bits per heavy atom. The molecule has 1 aromatic rings. The van der Waals surface area contributed by atoms with Gasteiger partial charge in [-0.05, 0) is 5.56 Å². The van der Waals surface area contributed by atoms with Crippen molar-refractivity contribution < 1.29 is 20.1 Å². The Hall–Kier alpha value is -0.940. The average Bonchev–Trinajstić information content (AvgIpc) is 2.37. The van der Waals surface area contributed by atoms with Gasteiger partial charge in [0, 0.05) is 5.92 Å². The van der Waals surface area contributed by atoms with Crippen LogP contribution in [-0.4, -0.2) is 40.2 Å². The predicted octanol–water partition coefficient (Wildman–Crippen LogP) is 0.477. The molecular weight excluding hydrogens is 220 g/mol. The van der Waals surface area contributed by atoms with Crippen molar-refractivity contribution in [3.05, 3.63) is 35.9 Å². The Bertz CT molecular complexity index is 352. The molecule has 1 aliphatic rings. The van der Waals surface area contributed by atoms with Crippen LogP contribution in [0.5, 0.6) is 0 Å². The van der Waals surface area contributed by atoms with Gasteiger partial charge in [0.2, 0.25) is 0 Å². The van der Waals surface area contributed by atoms with Crippen molar-refractivity contribution >= 4 is 0 Å². The van der Waals surface area contributed by atoms with Gasteiger partial charge in [0.1, 0.15) is 12.2 Å². The molecule has 0 saturated carbocycles. The number of hydrogen-bond donors (Lipinski definition) is 3. The quantitative estimate of drug-likeness (QED) is 0.701. The summed E-state index contributed by atoms with van der Waals surface area (Å²) in [5.41, 5.74) is 0.810. The molecule has 0 aliphatic carbocycles. The van der Waals surface area contributed by atoms with Gasteiger partial charge in [-0.3, -0.25) is 0 Å². The van der Waals surface area contributed by atoms with Crippen LogP contribution in [0.2, 0.25) is 0 Å². The molecule has 1 heterocycles. The van der Waals surface area contributed by atoms with E-state index in [1.165, 1.54) is 0 Å². The number of hydrogen-bond acceptors (Lipinski definition) is 4. The van der Waals surface area contributed by atoms with Gasteiger partial charge in [-0.25, -0.2) is 0 Å². The van der Waals surface area contributed by atoms with Crippen LogP contribution in [0.4, 0.5) is 0 Å². The fourth-order valence-corrected chi connectivity index (χ4v) is 2.23. The van der Waals surface area contributed by atoms with Gasteiger partial charge in [0.05, 0.1) is 18.8 Å². The molecular formula is C13H18O4. The second-order valence-electron chi connectivity index (χ2n) is 4.53. The molecule has 1 aliphatic heterocycles. The van der Waals surface area contributed by atoms with E-state index in [9.17, 15) is 15.3 Å².